The van der Waals surface area contributed by atoms with E-state index in [1.54, 1.807) is 16.3 Å². The molecule has 1 saturated heterocycles. The highest BCUT2D eigenvalue weighted by atomic mass is 32.2. The first-order chi connectivity index (χ1) is 13.7. The predicted molar refractivity (Wildman–Crippen MR) is 117 cm³/mol. The van der Waals surface area contributed by atoms with Crippen molar-refractivity contribution in [2.75, 3.05) is 18.4 Å². The third-order valence-electron chi connectivity index (χ3n) is 5.27. The van der Waals surface area contributed by atoms with Crippen molar-refractivity contribution >= 4 is 21.7 Å². The van der Waals surface area contributed by atoms with Crippen LogP contribution < -0.4 is 5.32 Å². The van der Waals surface area contributed by atoms with Crippen LogP contribution in [0.3, 0.4) is 0 Å². The Morgan fingerprint density at radius 3 is 2.20 bits per heavy atom. The van der Waals surface area contributed by atoms with Gasteiger partial charge in [-0.25, -0.2) is 13.1 Å². The third kappa shape index (κ3) is 4.32. The average molecular weight is 436 g/mol. The number of carbonyl (C=O) groups is 1. The monoisotopic (exact) mass is 435 g/mol. The first kappa shape index (κ1) is 22.6. The summed E-state index contributed by atoms with van der Waals surface area (Å²) in [6.07, 6.45) is 3.24. The van der Waals surface area contributed by atoms with Crippen LogP contribution in [0.25, 0.3) is 0 Å². The SMILES string of the molecule is Cn1cc(S(=O)(=O)N2CCCC2)cc1C(=O)Nc1cc(C(C)(C)C)nn1C(C)(C)C. The Labute approximate surface area is 179 Å². The van der Waals surface area contributed by atoms with Crippen LogP contribution in [0.2, 0.25) is 0 Å². The number of hydrogen-bond acceptors (Lipinski definition) is 4. The number of nitrogens with one attached hydrogen (secondary N) is 1. The molecule has 2 aromatic rings. The second-order valence-electron chi connectivity index (χ2n) is 9.98. The zero-order valence-electron chi connectivity index (χ0n) is 19.0. The van der Waals surface area contributed by atoms with Gasteiger partial charge >= 0.3 is 0 Å². The van der Waals surface area contributed by atoms with Crippen LogP contribution in [-0.2, 0) is 28.0 Å². The maximum atomic E-state index is 13.1. The number of hydrogen-bond donors (Lipinski definition) is 1. The molecule has 0 atom stereocenters. The van der Waals surface area contributed by atoms with Gasteiger partial charge in [-0.15, -0.1) is 0 Å². The van der Waals surface area contributed by atoms with Crippen LogP contribution in [0.1, 0.15) is 70.6 Å². The molecule has 1 amide bonds. The Bertz CT molecular complexity index is 1050. The summed E-state index contributed by atoms with van der Waals surface area (Å²) < 4.78 is 30.5. The van der Waals surface area contributed by atoms with E-state index in [4.69, 9.17) is 5.10 Å². The number of carbonyl (C=O) groups excluding carboxylic acids is 1. The molecule has 3 heterocycles. The van der Waals surface area contributed by atoms with Gasteiger partial charge in [0.25, 0.3) is 5.91 Å². The van der Waals surface area contributed by atoms with E-state index in [1.165, 1.54) is 16.6 Å². The molecule has 1 aliphatic heterocycles. The number of sulfonamides is 1. The average Bonchev–Trinajstić information content (AvgIpc) is 3.32. The van der Waals surface area contributed by atoms with E-state index in [2.05, 4.69) is 26.1 Å². The van der Waals surface area contributed by atoms with E-state index >= 15 is 0 Å². The minimum atomic E-state index is -3.58. The Morgan fingerprint density at radius 2 is 1.67 bits per heavy atom. The molecule has 3 rings (SSSR count). The molecule has 1 fully saturated rings. The van der Waals surface area contributed by atoms with Crippen molar-refractivity contribution in [1.82, 2.24) is 18.7 Å². The summed E-state index contributed by atoms with van der Waals surface area (Å²) in [5, 5.41) is 7.64. The fourth-order valence-corrected chi connectivity index (χ4v) is 5.10. The molecule has 1 aliphatic rings. The molecular weight excluding hydrogens is 402 g/mol. The van der Waals surface area contributed by atoms with Crippen LogP contribution in [0.4, 0.5) is 5.82 Å². The van der Waals surface area contributed by atoms with E-state index in [1.807, 2.05) is 26.8 Å². The second kappa shape index (κ2) is 7.53. The second-order valence-corrected chi connectivity index (χ2v) is 11.9. The minimum Gasteiger partial charge on any atom is -0.345 e. The number of aromatic nitrogens is 3. The van der Waals surface area contributed by atoms with E-state index in [9.17, 15) is 13.2 Å². The van der Waals surface area contributed by atoms with Crippen LogP contribution in [0, 0.1) is 0 Å². The molecule has 166 valence electrons. The van der Waals surface area contributed by atoms with Gasteiger partial charge in [0.15, 0.2) is 0 Å². The van der Waals surface area contributed by atoms with Gasteiger partial charge in [-0.05, 0) is 39.7 Å². The lowest BCUT2D eigenvalue weighted by molar-refractivity contribution is 0.101. The standard InChI is InChI=1S/C21H33N5O3S/c1-20(2,3)17-13-18(26(23-17)21(4,5)6)22-19(27)16-12-15(14-24(16)7)30(28,29)25-10-8-9-11-25/h12-14H,8-11H2,1-7H3,(H,22,27). The molecule has 2 aromatic heterocycles. The number of aryl methyl sites for hydroxylation is 1. The summed E-state index contributed by atoms with van der Waals surface area (Å²) in [4.78, 5) is 13.2. The molecule has 0 aromatic carbocycles. The van der Waals surface area contributed by atoms with Gasteiger partial charge in [0.1, 0.15) is 16.4 Å². The molecule has 1 N–H and O–H groups in total. The lowest BCUT2D eigenvalue weighted by atomic mass is 9.92. The summed E-state index contributed by atoms with van der Waals surface area (Å²) in [7, 11) is -1.90. The molecular formula is C21H33N5O3S. The van der Waals surface area contributed by atoms with Crippen molar-refractivity contribution in [2.24, 2.45) is 7.05 Å². The number of nitrogens with zero attached hydrogens (tertiary/aromatic N) is 4. The third-order valence-corrected chi connectivity index (χ3v) is 7.13. The molecule has 8 nitrogen and oxygen atoms in total. The van der Waals surface area contributed by atoms with Crippen molar-refractivity contribution in [3.63, 3.8) is 0 Å². The quantitative estimate of drug-likeness (QED) is 0.798. The van der Waals surface area contributed by atoms with E-state index in [-0.39, 0.29) is 27.5 Å². The van der Waals surface area contributed by atoms with E-state index in [0.29, 0.717) is 18.9 Å². The van der Waals surface area contributed by atoms with Crippen molar-refractivity contribution in [1.29, 1.82) is 0 Å². The molecule has 0 aliphatic carbocycles. The predicted octanol–water partition coefficient (Wildman–Crippen LogP) is 3.31. The van der Waals surface area contributed by atoms with Crippen molar-refractivity contribution in [3.8, 4) is 0 Å². The fourth-order valence-electron chi connectivity index (χ4n) is 3.51. The molecule has 30 heavy (non-hydrogen) atoms. The normalized spacial score (nSPS) is 16.2. The van der Waals surface area contributed by atoms with Crippen LogP contribution in [-0.4, -0.2) is 46.1 Å². The zero-order valence-corrected chi connectivity index (χ0v) is 19.8. The van der Waals surface area contributed by atoms with E-state index < -0.39 is 10.0 Å². The maximum absolute atomic E-state index is 13.1. The molecule has 9 heteroatoms. The maximum Gasteiger partial charge on any atom is 0.273 e. The Hall–Kier alpha value is -2.13. The lowest BCUT2D eigenvalue weighted by Crippen LogP contribution is -2.28. The lowest BCUT2D eigenvalue weighted by Gasteiger charge is -2.23. The van der Waals surface area contributed by atoms with Gasteiger partial charge in [-0.2, -0.15) is 9.40 Å². The van der Waals surface area contributed by atoms with Crippen molar-refractivity contribution < 1.29 is 13.2 Å². The molecule has 0 saturated carbocycles. The Morgan fingerprint density at radius 1 is 1.07 bits per heavy atom. The first-order valence-corrected chi connectivity index (χ1v) is 11.7. The summed E-state index contributed by atoms with van der Waals surface area (Å²) >= 11 is 0. The van der Waals surface area contributed by atoms with Gasteiger partial charge in [-0.1, -0.05) is 20.8 Å². The van der Waals surface area contributed by atoms with Gasteiger partial charge in [0.05, 0.1) is 11.2 Å². The summed E-state index contributed by atoms with van der Waals surface area (Å²) in [6, 6.07) is 3.33. The topological polar surface area (TPSA) is 89.2 Å². The van der Waals surface area contributed by atoms with Crippen molar-refractivity contribution in [2.45, 2.75) is 70.2 Å². The smallest absolute Gasteiger partial charge is 0.273 e. The van der Waals surface area contributed by atoms with Crippen molar-refractivity contribution in [3.05, 3.63) is 29.7 Å². The Balaban J connectivity index is 1.92. The highest BCUT2D eigenvalue weighted by molar-refractivity contribution is 7.89. The number of amides is 1. The van der Waals surface area contributed by atoms with Gasteiger partial charge < -0.3 is 9.88 Å². The van der Waals surface area contributed by atoms with Gasteiger partial charge in [-0.3, -0.25) is 4.79 Å². The zero-order chi connectivity index (χ0) is 22.5. The summed E-state index contributed by atoms with van der Waals surface area (Å²) in [5.74, 6) is 0.216. The highest BCUT2D eigenvalue weighted by Gasteiger charge is 2.30. The molecule has 0 radical (unpaired) electrons. The summed E-state index contributed by atoms with van der Waals surface area (Å²) in [5.41, 5.74) is 0.659. The molecule has 0 bridgehead atoms. The molecule has 0 spiro atoms. The van der Waals surface area contributed by atoms with Gasteiger partial charge in [0, 0.05) is 37.8 Å². The Kier molecular flexibility index (Phi) is 5.66. The molecule has 0 unspecified atom stereocenters. The fraction of sp³-hybridized carbons (Fsp3) is 0.619. The highest BCUT2D eigenvalue weighted by Crippen LogP contribution is 2.29. The largest absolute Gasteiger partial charge is 0.345 e. The number of rotatable bonds is 4. The first-order valence-electron chi connectivity index (χ1n) is 10.3. The number of anilines is 1. The van der Waals surface area contributed by atoms with Crippen LogP contribution >= 0.6 is 0 Å². The summed E-state index contributed by atoms with van der Waals surface area (Å²) in [6.45, 7) is 13.3. The van der Waals surface area contributed by atoms with Crippen LogP contribution in [0.15, 0.2) is 23.2 Å². The minimum absolute atomic E-state index is 0.150. The van der Waals surface area contributed by atoms with Gasteiger partial charge in [0.2, 0.25) is 10.0 Å². The van der Waals surface area contributed by atoms with E-state index in [0.717, 1.165) is 18.5 Å². The van der Waals surface area contributed by atoms with Crippen LogP contribution in [0.5, 0.6) is 0 Å².